The lowest BCUT2D eigenvalue weighted by molar-refractivity contribution is -0.123. The van der Waals surface area contributed by atoms with Gasteiger partial charge in [0, 0.05) is 35.2 Å². The highest BCUT2D eigenvalue weighted by molar-refractivity contribution is 9.10. The van der Waals surface area contributed by atoms with Crippen LogP contribution in [0.4, 0.5) is 0 Å². The minimum atomic E-state index is -0.216. The summed E-state index contributed by atoms with van der Waals surface area (Å²) in [6.07, 6.45) is 1.32. The topological polar surface area (TPSA) is 77.1 Å². The molecule has 2 amide bonds. The number of ether oxygens (including phenoxy) is 3. The number of amides is 2. The molecule has 0 bridgehead atoms. The Hall–Kier alpha value is -3.52. The third kappa shape index (κ3) is 6.18. The maximum Gasteiger partial charge on any atom is 0.257 e. The average molecular weight is 553 g/mol. The SMILES string of the molecule is COc1ccc(CCNC(=O)COc2cccc3c2CCN(Cc2ccc(Br)cc2)C3=O)cc1OC. The van der Waals surface area contributed by atoms with Gasteiger partial charge in [0.1, 0.15) is 5.75 Å². The van der Waals surface area contributed by atoms with Crippen LogP contribution < -0.4 is 19.5 Å². The molecule has 1 aliphatic heterocycles. The lowest BCUT2D eigenvalue weighted by Crippen LogP contribution is -2.37. The number of rotatable bonds is 10. The van der Waals surface area contributed by atoms with Crippen LogP contribution in [0.2, 0.25) is 0 Å². The van der Waals surface area contributed by atoms with E-state index in [1.54, 1.807) is 20.3 Å². The maximum absolute atomic E-state index is 13.1. The number of methoxy groups -OCH3 is 2. The number of halogens is 1. The van der Waals surface area contributed by atoms with Crippen LogP contribution in [0.15, 0.2) is 65.1 Å². The van der Waals surface area contributed by atoms with Gasteiger partial charge in [0.2, 0.25) is 0 Å². The Balaban J connectivity index is 1.30. The van der Waals surface area contributed by atoms with E-state index in [0.717, 1.165) is 21.2 Å². The van der Waals surface area contributed by atoms with E-state index in [9.17, 15) is 9.59 Å². The maximum atomic E-state index is 13.1. The van der Waals surface area contributed by atoms with Crippen molar-refractivity contribution in [2.24, 2.45) is 0 Å². The van der Waals surface area contributed by atoms with Crippen molar-refractivity contribution in [3.63, 3.8) is 0 Å². The van der Waals surface area contributed by atoms with Crippen molar-refractivity contribution < 1.29 is 23.8 Å². The number of fused-ring (bicyclic) bond motifs is 1. The molecule has 8 heteroatoms. The van der Waals surface area contributed by atoms with Gasteiger partial charge in [-0.1, -0.05) is 40.2 Å². The van der Waals surface area contributed by atoms with Gasteiger partial charge in [-0.15, -0.1) is 0 Å². The van der Waals surface area contributed by atoms with Crippen molar-refractivity contribution in [2.45, 2.75) is 19.4 Å². The standard InChI is InChI=1S/C28H29BrN2O5/c1-34-25-11-8-19(16-26(25)35-2)12-14-30-27(32)18-36-24-5-3-4-23-22(24)13-15-31(28(23)33)17-20-6-9-21(29)10-7-20/h3-11,16H,12-15,17-18H2,1-2H3,(H,30,32). The molecule has 0 saturated carbocycles. The lowest BCUT2D eigenvalue weighted by atomic mass is 9.97. The Bertz CT molecular complexity index is 1230. The highest BCUT2D eigenvalue weighted by Crippen LogP contribution is 2.29. The molecule has 1 heterocycles. The zero-order valence-electron chi connectivity index (χ0n) is 20.4. The summed E-state index contributed by atoms with van der Waals surface area (Å²) in [6, 6.07) is 19.1. The molecule has 0 atom stereocenters. The fraction of sp³-hybridized carbons (Fsp3) is 0.286. The smallest absolute Gasteiger partial charge is 0.257 e. The van der Waals surface area contributed by atoms with Crippen LogP contribution in [0.3, 0.4) is 0 Å². The van der Waals surface area contributed by atoms with E-state index < -0.39 is 0 Å². The molecule has 188 valence electrons. The Morgan fingerprint density at radius 3 is 2.47 bits per heavy atom. The number of nitrogens with one attached hydrogen (secondary N) is 1. The molecule has 3 aromatic rings. The fourth-order valence-electron chi connectivity index (χ4n) is 4.22. The minimum absolute atomic E-state index is 0.0241. The number of benzene rings is 3. The van der Waals surface area contributed by atoms with Gasteiger partial charge in [0.05, 0.1) is 14.2 Å². The van der Waals surface area contributed by atoms with Crippen LogP contribution in [-0.2, 0) is 24.2 Å². The van der Waals surface area contributed by atoms with Gasteiger partial charge in [-0.2, -0.15) is 0 Å². The van der Waals surface area contributed by atoms with Gasteiger partial charge in [0.15, 0.2) is 18.1 Å². The molecule has 1 N–H and O–H groups in total. The molecule has 0 spiro atoms. The highest BCUT2D eigenvalue weighted by atomic mass is 79.9. The first-order valence-electron chi connectivity index (χ1n) is 11.7. The number of hydrogen-bond acceptors (Lipinski definition) is 5. The summed E-state index contributed by atoms with van der Waals surface area (Å²) in [7, 11) is 3.19. The zero-order chi connectivity index (χ0) is 25.5. The molecule has 4 rings (SSSR count). The van der Waals surface area contributed by atoms with E-state index >= 15 is 0 Å². The van der Waals surface area contributed by atoms with E-state index in [1.165, 1.54) is 0 Å². The van der Waals surface area contributed by atoms with E-state index in [0.29, 0.717) is 55.3 Å². The van der Waals surface area contributed by atoms with E-state index in [1.807, 2.05) is 59.5 Å². The van der Waals surface area contributed by atoms with Crippen LogP contribution in [0, 0.1) is 0 Å². The quantitative estimate of drug-likeness (QED) is 0.403. The predicted molar refractivity (Wildman–Crippen MR) is 141 cm³/mol. The Labute approximate surface area is 219 Å². The first-order valence-corrected chi connectivity index (χ1v) is 12.5. The molecule has 0 unspecified atom stereocenters. The van der Waals surface area contributed by atoms with Crippen molar-refractivity contribution in [3.8, 4) is 17.2 Å². The molecular weight excluding hydrogens is 524 g/mol. The van der Waals surface area contributed by atoms with Crippen molar-refractivity contribution in [1.82, 2.24) is 10.2 Å². The highest BCUT2D eigenvalue weighted by Gasteiger charge is 2.26. The van der Waals surface area contributed by atoms with E-state index in [2.05, 4.69) is 21.2 Å². The van der Waals surface area contributed by atoms with Crippen molar-refractivity contribution in [3.05, 3.63) is 87.4 Å². The van der Waals surface area contributed by atoms with Gasteiger partial charge in [0.25, 0.3) is 11.8 Å². The summed E-state index contributed by atoms with van der Waals surface area (Å²) in [5, 5.41) is 2.88. The molecule has 0 fully saturated rings. The number of hydrogen-bond donors (Lipinski definition) is 1. The van der Waals surface area contributed by atoms with Crippen LogP contribution in [0.25, 0.3) is 0 Å². The molecule has 1 aliphatic rings. The summed E-state index contributed by atoms with van der Waals surface area (Å²) < 4.78 is 17.4. The zero-order valence-corrected chi connectivity index (χ0v) is 22.0. The van der Waals surface area contributed by atoms with E-state index in [-0.39, 0.29) is 18.4 Å². The van der Waals surface area contributed by atoms with Gasteiger partial charge in [-0.25, -0.2) is 0 Å². The molecule has 36 heavy (non-hydrogen) atoms. The summed E-state index contributed by atoms with van der Waals surface area (Å²) >= 11 is 3.44. The van der Waals surface area contributed by atoms with Crippen LogP contribution >= 0.6 is 15.9 Å². The molecule has 0 radical (unpaired) electrons. The van der Waals surface area contributed by atoms with Crippen molar-refractivity contribution >= 4 is 27.7 Å². The molecule has 0 aliphatic carbocycles. The average Bonchev–Trinajstić information content (AvgIpc) is 2.90. The number of carbonyl (C=O) groups excluding carboxylic acids is 2. The molecule has 0 saturated heterocycles. The Kier molecular flexibility index (Phi) is 8.48. The van der Waals surface area contributed by atoms with Crippen LogP contribution in [0.5, 0.6) is 17.2 Å². The third-order valence-electron chi connectivity index (χ3n) is 6.11. The van der Waals surface area contributed by atoms with Gasteiger partial charge in [-0.05, 0) is 60.4 Å². The molecule has 7 nitrogen and oxygen atoms in total. The Morgan fingerprint density at radius 2 is 1.72 bits per heavy atom. The van der Waals surface area contributed by atoms with Gasteiger partial charge >= 0.3 is 0 Å². The molecule has 3 aromatic carbocycles. The predicted octanol–water partition coefficient (Wildman–Crippen LogP) is 4.40. The van der Waals surface area contributed by atoms with Crippen molar-refractivity contribution in [2.75, 3.05) is 33.9 Å². The lowest BCUT2D eigenvalue weighted by Gasteiger charge is -2.29. The van der Waals surface area contributed by atoms with Crippen LogP contribution in [0.1, 0.15) is 27.0 Å². The molecular formula is C28H29BrN2O5. The van der Waals surface area contributed by atoms with Crippen LogP contribution in [-0.4, -0.2) is 50.6 Å². The number of nitrogens with zero attached hydrogens (tertiary/aromatic N) is 1. The minimum Gasteiger partial charge on any atom is -0.493 e. The number of carbonyl (C=O) groups is 2. The second-order valence-corrected chi connectivity index (χ2v) is 9.38. The molecule has 0 aromatic heterocycles. The summed E-state index contributed by atoms with van der Waals surface area (Å²) in [4.78, 5) is 27.3. The first kappa shape index (κ1) is 25.6. The van der Waals surface area contributed by atoms with E-state index in [4.69, 9.17) is 14.2 Å². The van der Waals surface area contributed by atoms with Crippen molar-refractivity contribution in [1.29, 1.82) is 0 Å². The Morgan fingerprint density at radius 1 is 0.972 bits per heavy atom. The third-order valence-corrected chi connectivity index (χ3v) is 6.64. The normalized spacial score (nSPS) is 12.6. The second kappa shape index (κ2) is 11.9. The fourth-order valence-corrected chi connectivity index (χ4v) is 4.48. The largest absolute Gasteiger partial charge is 0.493 e. The summed E-state index contributed by atoms with van der Waals surface area (Å²) in [6.45, 7) is 1.51. The summed E-state index contributed by atoms with van der Waals surface area (Å²) in [5.74, 6) is 1.67. The summed E-state index contributed by atoms with van der Waals surface area (Å²) in [5.41, 5.74) is 3.58. The monoisotopic (exact) mass is 552 g/mol. The first-order chi connectivity index (χ1) is 17.5. The van der Waals surface area contributed by atoms with Gasteiger partial charge < -0.3 is 24.4 Å². The van der Waals surface area contributed by atoms with Gasteiger partial charge in [-0.3, -0.25) is 9.59 Å². The second-order valence-electron chi connectivity index (χ2n) is 8.46.